The quantitative estimate of drug-likeness (QED) is 0.584. The van der Waals surface area contributed by atoms with Crippen molar-refractivity contribution in [2.75, 3.05) is 5.32 Å². The molecule has 0 heterocycles. The maximum Gasteiger partial charge on any atom is 0.326 e. The fourth-order valence-electron chi connectivity index (χ4n) is 1.83. The first-order valence-electron chi connectivity index (χ1n) is 6.20. The summed E-state index contributed by atoms with van der Waals surface area (Å²) in [5, 5.41) is 22.8. The summed E-state index contributed by atoms with van der Waals surface area (Å²) in [6.45, 7) is 3.59. The highest BCUT2D eigenvalue weighted by atomic mass is 16.6. The number of hydrogen-bond acceptors (Lipinski definition) is 4. The summed E-state index contributed by atoms with van der Waals surface area (Å²) in [6.07, 6.45) is 2.19. The smallest absolute Gasteiger partial charge is 0.326 e. The Hall–Kier alpha value is -2.11. The van der Waals surface area contributed by atoms with Crippen molar-refractivity contribution in [2.45, 2.75) is 39.2 Å². The minimum Gasteiger partial charge on any atom is -0.480 e. The predicted molar refractivity (Wildman–Crippen MR) is 72.4 cm³/mol. The molecule has 1 rings (SSSR count). The molecule has 6 nitrogen and oxygen atoms in total. The average Bonchev–Trinajstić information content (AvgIpc) is 2.35. The summed E-state index contributed by atoms with van der Waals surface area (Å²) in [4.78, 5) is 21.5. The molecule has 0 aliphatic carbocycles. The second-order valence-electron chi connectivity index (χ2n) is 4.38. The summed E-state index contributed by atoms with van der Waals surface area (Å²) < 4.78 is 0. The Morgan fingerprint density at radius 2 is 2.21 bits per heavy atom. The summed E-state index contributed by atoms with van der Waals surface area (Å²) in [5.41, 5.74) is 0.942. The Kier molecular flexibility index (Phi) is 5.29. The molecule has 0 aliphatic heterocycles. The first-order chi connectivity index (χ1) is 8.97. The van der Waals surface area contributed by atoms with Gasteiger partial charge in [-0.25, -0.2) is 4.79 Å². The average molecular weight is 266 g/mol. The maximum atomic E-state index is 11.1. The van der Waals surface area contributed by atoms with Crippen molar-refractivity contribution >= 4 is 17.3 Å². The van der Waals surface area contributed by atoms with E-state index < -0.39 is 16.9 Å². The van der Waals surface area contributed by atoms with Gasteiger partial charge in [-0.1, -0.05) is 25.8 Å². The van der Waals surface area contributed by atoms with Gasteiger partial charge in [0.25, 0.3) is 5.69 Å². The molecule has 0 bridgehead atoms. The second kappa shape index (κ2) is 6.72. The molecule has 6 heteroatoms. The molecule has 2 N–H and O–H groups in total. The maximum absolute atomic E-state index is 11.1. The van der Waals surface area contributed by atoms with Gasteiger partial charge in [0.1, 0.15) is 6.04 Å². The number of nitrogens with zero attached hydrogens (tertiary/aromatic N) is 1. The van der Waals surface area contributed by atoms with Gasteiger partial charge in [0.15, 0.2) is 0 Å². The van der Waals surface area contributed by atoms with Crippen LogP contribution in [0.2, 0.25) is 0 Å². The third-order valence-corrected chi connectivity index (χ3v) is 2.98. The van der Waals surface area contributed by atoms with Crippen LogP contribution in [0.4, 0.5) is 11.4 Å². The van der Waals surface area contributed by atoms with Gasteiger partial charge in [-0.2, -0.15) is 0 Å². The summed E-state index contributed by atoms with van der Waals surface area (Å²) >= 11 is 0. The topological polar surface area (TPSA) is 92.5 Å². The Morgan fingerprint density at radius 1 is 1.53 bits per heavy atom. The van der Waals surface area contributed by atoms with Crippen LogP contribution in [-0.4, -0.2) is 22.0 Å². The van der Waals surface area contributed by atoms with E-state index in [0.29, 0.717) is 17.7 Å². The zero-order valence-corrected chi connectivity index (χ0v) is 11.0. The third-order valence-electron chi connectivity index (χ3n) is 2.98. The Labute approximate surface area is 111 Å². The number of carboxylic acid groups (broad SMARTS) is 1. The lowest BCUT2D eigenvalue weighted by Gasteiger charge is -2.17. The SMILES string of the molecule is CCCCC(Nc1cccc([N+](=O)[O-])c1C)C(=O)O. The van der Waals surface area contributed by atoms with E-state index in [9.17, 15) is 14.9 Å². The van der Waals surface area contributed by atoms with Gasteiger partial charge in [-0.15, -0.1) is 0 Å². The van der Waals surface area contributed by atoms with Crippen LogP contribution in [0.25, 0.3) is 0 Å². The number of carboxylic acids is 1. The molecule has 0 spiro atoms. The molecule has 0 amide bonds. The number of benzene rings is 1. The molecule has 0 aromatic heterocycles. The van der Waals surface area contributed by atoms with Crippen LogP contribution in [0.3, 0.4) is 0 Å². The van der Waals surface area contributed by atoms with E-state index in [2.05, 4.69) is 5.32 Å². The molecule has 1 aromatic carbocycles. The number of unbranched alkanes of at least 4 members (excludes halogenated alkanes) is 1. The number of hydrogen-bond donors (Lipinski definition) is 2. The minimum absolute atomic E-state index is 0.00960. The molecule has 1 unspecified atom stereocenters. The van der Waals surface area contributed by atoms with Gasteiger partial charge in [-0.05, 0) is 19.4 Å². The highest BCUT2D eigenvalue weighted by Crippen LogP contribution is 2.26. The number of nitrogens with one attached hydrogen (secondary N) is 1. The molecule has 0 saturated heterocycles. The predicted octanol–water partition coefficient (Wildman–Crippen LogP) is 2.96. The monoisotopic (exact) mass is 266 g/mol. The molecule has 1 aromatic rings. The molecule has 0 aliphatic rings. The molecule has 104 valence electrons. The normalized spacial score (nSPS) is 11.9. The van der Waals surface area contributed by atoms with E-state index in [0.717, 1.165) is 12.8 Å². The van der Waals surface area contributed by atoms with E-state index in [1.54, 1.807) is 19.1 Å². The molecule has 19 heavy (non-hydrogen) atoms. The van der Waals surface area contributed by atoms with Crippen molar-refractivity contribution in [1.82, 2.24) is 0 Å². The van der Waals surface area contributed by atoms with E-state index in [-0.39, 0.29) is 5.69 Å². The lowest BCUT2D eigenvalue weighted by Crippen LogP contribution is -2.29. The van der Waals surface area contributed by atoms with Crippen molar-refractivity contribution in [2.24, 2.45) is 0 Å². The van der Waals surface area contributed by atoms with Crippen molar-refractivity contribution in [3.8, 4) is 0 Å². The summed E-state index contributed by atoms with van der Waals surface area (Å²) in [5.74, 6) is -0.945. The lowest BCUT2D eigenvalue weighted by atomic mass is 10.1. The molecule has 0 radical (unpaired) electrons. The van der Waals surface area contributed by atoms with Crippen molar-refractivity contribution in [3.05, 3.63) is 33.9 Å². The van der Waals surface area contributed by atoms with E-state index in [4.69, 9.17) is 5.11 Å². The fourth-order valence-corrected chi connectivity index (χ4v) is 1.83. The number of rotatable bonds is 7. The largest absolute Gasteiger partial charge is 0.480 e. The van der Waals surface area contributed by atoms with Crippen LogP contribution < -0.4 is 5.32 Å². The van der Waals surface area contributed by atoms with E-state index in [1.165, 1.54) is 6.07 Å². The Bertz CT molecular complexity index is 474. The standard InChI is InChI=1S/C13H18N2O4/c1-3-4-6-11(13(16)17)14-10-7-5-8-12(9(10)2)15(18)19/h5,7-8,11,14H,3-4,6H2,1-2H3,(H,16,17). The van der Waals surface area contributed by atoms with Crippen LogP contribution in [0.5, 0.6) is 0 Å². The highest BCUT2D eigenvalue weighted by Gasteiger charge is 2.20. The summed E-state index contributed by atoms with van der Waals surface area (Å²) in [6, 6.07) is 3.89. The van der Waals surface area contributed by atoms with Gasteiger partial charge in [0.2, 0.25) is 0 Å². The molecule has 0 fully saturated rings. The summed E-state index contributed by atoms with van der Waals surface area (Å²) in [7, 11) is 0. The third kappa shape index (κ3) is 3.94. The Morgan fingerprint density at radius 3 is 2.74 bits per heavy atom. The second-order valence-corrected chi connectivity index (χ2v) is 4.38. The molecular weight excluding hydrogens is 248 g/mol. The highest BCUT2D eigenvalue weighted by molar-refractivity contribution is 5.78. The van der Waals surface area contributed by atoms with E-state index >= 15 is 0 Å². The molecule has 1 atom stereocenters. The number of nitro benzene ring substituents is 1. The first kappa shape index (κ1) is 14.9. The minimum atomic E-state index is -0.945. The van der Waals surface area contributed by atoms with Gasteiger partial charge >= 0.3 is 5.97 Å². The van der Waals surface area contributed by atoms with Crippen LogP contribution in [0, 0.1) is 17.0 Å². The number of anilines is 1. The number of carbonyl (C=O) groups is 1. The van der Waals surface area contributed by atoms with Crippen molar-refractivity contribution < 1.29 is 14.8 Å². The van der Waals surface area contributed by atoms with Gasteiger partial charge in [0.05, 0.1) is 4.92 Å². The molecular formula is C13H18N2O4. The fraction of sp³-hybridized carbons (Fsp3) is 0.462. The van der Waals surface area contributed by atoms with Crippen LogP contribution in [0.1, 0.15) is 31.7 Å². The first-order valence-corrected chi connectivity index (χ1v) is 6.20. The van der Waals surface area contributed by atoms with Gasteiger partial charge in [-0.3, -0.25) is 10.1 Å². The number of aliphatic carboxylic acids is 1. The van der Waals surface area contributed by atoms with Crippen LogP contribution >= 0.6 is 0 Å². The molecule has 0 saturated carbocycles. The lowest BCUT2D eigenvalue weighted by molar-refractivity contribution is -0.385. The van der Waals surface area contributed by atoms with Crippen molar-refractivity contribution in [1.29, 1.82) is 0 Å². The zero-order chi connectivity index (χ0) is 14.4. The Balaban J connectivity index is 2.93. The van der Waals surface area contributed by atoms with Gasteiger partial charge in [0, 0.05) is 17.3 Å². The van der Waals surface area contributed by atoms with Crippen molar-refractivity contribution in [3.63, 3.8) is 0 Å². The van der Waals surface area contributed by atoms with Gasteiger partial charge < -0.3 is 10.4 Å². The zero-order valence-electron chi connectivity index (χ0n) is 11.0. The van der Waals surface area contributed by atoms with Crippen LogP contribution in [-0.2, 0) is 4.79 Å². The van der Waals surface area contributed by atoms with E-state index in [1.807, 2.05) is 6.92 Å². The number of nitro groups is 1. The van der Waals surface area contributed by atoms with Crippen LogP contribution in [0.15, 0.2) is 18.2 Å².